The molecule has 0 radical (unpaired) electrons. The average Bonchev–Trinajstić information content (AvgIpc) is 2.69. The van der Waals surface area contributed by atoms with Crippen LogP contribution >= 0.6 is 0 Å². The molecule has 2 rings (SSSR count). The summed E-state index contributed by atoms with van der Waals surface area (Å²) in [6.07, 6.45) is 1.26. The first-order valence-corrected chi connectivity index (χ1v) is 6.06. The van der Waals surface area contributed by atoms with Gasteiger partial charge >= 0.3 is 5.97 Å². The Morgan fingerprint density at radius 3 is 2.94 bits per heavy atom. The van der Waals surface area contributed by atoms with E-state index in [1.807, 2.05) is 19.1 Å². The van der Waals surface area contributed by atoms with Gasteiger partial charge in [0.2, 0.25) is 5.67 Å². The molecule has 0 amide bonds. The van der Waals surface area contributed by atoms with Crippen molar-refractivity contribution in [3.63, 3.8) is 0 Å². The highest BCUT2D eigenvalue weighted by atomic mass is 19.1. The number of carbonyl (C=O) groups is 1. The highest BCUT2D eigenvalue weighted by molar-refractivity contribution is 5.83. The molecule has 0 heterocycles. The predicted octanol–water partition coefficient (Wildman–Crippen LogP) is 3.14. The second-order valence-corrected chi connectivity index (χ2v) is 4.58. The number of benzene rings is 1. The lowest BCUT2D eigenvalue weighted by Crippen LogP contribution is -2.33. The van der Waals surface area contributed by atoms with Crippen LogP contribution in [-0.4, -0.2) is 12.1 Å². The Balaban J connectivity index is 2.24. The van der Waals surface area contributed by atoms with E-state index < -0.39 is 11.6 Å². The van der Waals surface area contributed by atoms with Crippen molar-refractivity contribution in [3.8, 4) is 0 Å². The van der Waals surface area contributed by atoms with Gasteiger partial charge in [0.25, 0.3) is 0 Å². The molecule has 2 atom stereocenters. The van der Waals surface area contributed by atoms with Gasteiger partial charge in [0.15, 0.2) is 0 Å². The standard InChI is InChI=1S/C14H17FO2/c1-3-10(2)17-13(16)14(15)9-8-11-6-4-5-7-12(11)14/h4-7,10H,3,8-9H2,1-2H3. The quantitative estimate of drug-likeness (QED) is 0.754. The van der Waals surface area contributed by atoms with Crippen LogP contribution in [0.4, 0.5) is 4.39 Å². The largest absolute Gasteiger partial charge is 0.460 e. The summed E-state index contributed by atoms with van der Waals surface area (Å²) in [7, 11) is 0. The zero-order valence-corrected chi connectivity index (χ0v) is 10.2. The van der Waals surface area contributed by atoms with Crippen molar-refractivity contribution < 1.29 is 13.9 Å². The number of hydrogen-bond donors (Lipinski definition) is 0. The molecule has 17 heavy (non-hydrogen) atoms. The summed E-state index contributed by atoms with van der Waals surface area (Å²) in [5.74, 6) is -0.739. The fourth-order valence-electron chi connectivity index (χ4n) is 2.14. The lowest BCUT2D eigenvalue weighted by atomic mass is 9.98. The van der Waals surface area contributed by atoms with E-state index in [0.29, 0.717) is 18.4 Å². The second kappa shape index (κ2) is 4.47. The highest BCUT2D eigenvalue weighted by Gasteiger charge is 2.47. The molecule has 0 saturated carbocycles. The van der Waals surface area contributed by atoms with Crippen LogP contribution in [0.2, 0.25) is 0 Å². The monoisotopic (exact) mass is 236 g/mol. The number of esters is 1. The lowest BCUT2D eigenvalue weighted by molar-refractivity contribution is -0.163. The van der Waals surface area contributed by atoms with Gasteiger partial charge in [-0.15, -0.1) is 0 Å². The Kier molecular flexibility index (Phi) is 3.18. The molecule has 1 aromatic carbocycles. The number of halogens is 1. The third-order valence-corrected chi connectivity index (χ3v) is 3.39. The number of aryl methyl sites for hydroxylation is 1. The van der Waals surface area contributed by atoms with Crippen LogP contribution in [-0.2, 0) is 21.6 Å². The van der Waals surface area contributed by atoms with E-state index in [1.165, 1.54) is 0 Å². The third-order valence-electron chi connectivity index (χ3n) is 3.39. The average molecular weight is 236 g/mol. The Morgan fingerprint density at radius 1 is 1.53 bits per heavy atom. The Morgan fingerprint density at radius 2 is 2.24 bits per heavy atom. The van der Waals surface area contributed by atoms with E-state index in [-0.39, 0.29) is 12.5 Å². The maximum atomic E-state index is 14.7. The van der Waals surface area contributed by atoms with Gasteiger partial charge in [0.05, 0.1) is 6.10 Å². The Hall–Kier alpha value is -1.38. The number of alkyl halides is 1. The summed E-state index contributed by atoms with van der Waals surface area (Å²) >= 11 is 0. The first-order chi connectivity index (χ1) is 8.08. The molecule has 0 aromatic heterocycles. The van der Waals surface area contributed by atoms with Gasteiger partial charge < -0.3 is 4.74 Å². The van der Waals surface area contributed by atoms with Crippen LogP contribution in [0.25, 0.3) is 0 Å². The van der Waals surface area contributed by atoms with E-state index in [9.17, 15) is 9.18 Å². The molecule has 0 spiro atoms. The van der Waals surface area contributed by atoms with Crippen molar-refractivity contribution in [2.75, 3.05) is 0 Å². The number of ether oxygens (including phenoxy) is 1. The SMILES string of the molecule is CCC(C)OC(=O)C1(F)CCc2ccccc21. The third kappa shape index (κ3) is 2.06. The lowest BCUT2D eigenvalue weighted by Gasteiger charge is -2.21. The van der Waals surface area contributed by atoms with Crippen LogP contribution in [0.15, 0.2) is 24.3 Å². The summed E-state index contributed by atoms with van der Waals surface area (Å²) < 4.78 is 19.9. The van der Waals surface area contributed by atoms with Crippen molar-refractivity contribution in [1.29, 1.82) is 0 Å². The van der Waals surface area contributed by atoms with Gasteiger partial charge in [-0.05, 0) is 25.3 Å². The van der Waals surface area contributed by atoms with Crippen LogP contribution < -0.4 is 0 Å². The number of fused-ring (bicyclic) bond motifs is 1. The molecular formula is C14H17FO2. The summed E-state index contributed by atoms with van der Waals surface area (Å²) in [6, 6.07) is 7.17. The fraction of sp³-hybridized carbons (Fsp3) is 0.500. The molecule has 0 aliphatic heterocycles. The molecule has 3 heteroatoms. The van der Waals surface area contributed by atoms with Gasteiger partial charge in [-0.3, -0.25) is 0 Å². The van der Waals surface area contributed by atoms with Gasteiger partial charge in [0, 0.05) is 12.0 Å². The number of hydrogen-bond acceptors (Lipinski definition) is 2. The summed E-state index contributed by atoms with van der Waals surface area (Å²) in [4.78, 5) is 11.9. The molecule has 0 bridgehead atoms. The van der Waals surface area contributed by atoms with E-state index in [0.717, 1.165) is 5.56 Å². The highest BCUT2D eigenvalue weighted by Crippen LogP contribution is 2.41. The predicted molar refractivity (Wildman–Crippen MR) is 63.4 cm³/mol. The van der Waals surface area contributed by atoms with Crippen LogP contribution in [0.3, 0.4) is 0 Å². The van der Waals surface area contributed by atoms with Crippen molar-refractivity contribution in [2.45, 2.75) is 44.9 Å². The second-order valence-electron chi connectivity index (χ2n) is 4.58. The molecule has 1 aliphatic rings. The minimum atomic E-state index is -1.94. The zero-order valence-electron chi connectivity index (χ0n) is 10.2. The van der Waals surface area contributed by atoms with E-state index in [1.54, 1.807) is 19.1 Å². The number of rotatable bonds is 3. The van der Waals surface area contributed by atoms with Crippen molar-refractivity contribution in [3.05, 3.63) is 35.4 Å². The van der Waals surface area contributed by atoms with Crippen molar-refractivity contribution in [2.24, 2.45) is 0 Å². The molecular weight excluding hydrogens is 219 g/mol. The van der Waals surface area contributed by atoms with Crippen LogP contribution in [0.5, 0.6) is 0 Å². The van der Waals surface area contributed by atoms with Crippen LogP contribution in [0.1, 0.15) is 37.8 Å². The molecule has 92 valence electrons. The van der Waals surface area contributed by atoms with Gasteiger partial charge in [-0.1, -0.05) is 31.2 Å². The van der Waals surface area contributed by atoms with Crippen molar-refractivity contribution >= 4 is 5.97 Å². The zero-order chi connectivity index (χ0) is 12.5. The van der Waals surface area contributed by atoms with E-state index in [2.05, 4.69) is 0 Å². The molecule has 0 saturated heterocycles. The number of carbonyl (C=O) groups excluding carboxylic acids is 1. The summed E-state index contributed by atoms with van der Waals surface area (Å²) in [6.45, 7) is 3.69. The smallest absolute Gasteiger partial charge is 0.348 e. The van der Waals surface area contributed by atoms with Crippen molar-refractivity contribution in [1.82, 2.24) is 0 Å². The van der Waals surface area contributed by atoms with Gasteiger partial charge in [-0.25, -0.2) is 9.18 Å². The molecule has 1 aliphatic carbocycles. The molecule has 0 fully saturated rings. The first kappa shape index (κ1) is 12.1. The van der Waals surface area contributed by atoms with Gasteiger partial charge in [-0.2, -0.15) is 0 Å². The topological polar surface area (TPSA) is 26.3 Å². The van der Waals surface area contributed by atoms with Gasteiger partial charge in [0.1, 0.15) is 0 Å². The Labute approximate surface area is 101 Å². The molecule has 2 nitrogen and oxygen atoms in total. The normalized spacial score (nSPS) is 24.2. The van der Waals surface area contributed by atoms with Crippen LogP contribution in [0, 0.1) is 0 Å². The maximum Gasteiger partial charge on any atom is 0.348 e. The molecule has 2 unspecified atom stereocenters. The first-order valence-electron chi connectivity index (χ1n) is 6.06. The Bertz CT molecular complexity index is 430. The maximum absolute atomic E-state index is 14.7. The van der Waals surface area contributed by atoms with E-state index in [4.69, 9.17) is 4.74 Å². The minimum Gasteiger partial charge on any atom is -0.460 e. The molecule has 1 aromatic rings. The summed E-state index contributed by atoms with van der Waals surface area (Å²) in [5, 5.41) is 0. The minimum absolute atomic E-state index is 0.196. The summed E-state index contributed by atoms with van der Waals surface area (Å²) in [5.41, 5.74) is -0.551. The van der Waals surface area contributed by atoms with E-state index >= 15 is 0 Å². The fourth-order valence-corrected chi connectivity index (χ4v) is 2.14. The molecule has 0 N–H and O–H groups in total.